The molecule has 1 aromatic rings. The maximum Gasteiger partial charge on any atom is 0.341 e. The third-order valence-electron chi connectivity index (χ3n) is 2.08. The van der Waals surface area contributed by atoms with Crippen molar-refractivity contribution in [2.75, 3.05) is 7.11 Å². The van der Waals surface area contributed by atoms with Crippen molar-refractivity contribution < 1.29 is 19.4 Å². The summed E-state index contributed by atoms with van der Waals surface area (Å²) in [5.74, 6) is -1.19. The zero-order valence-electron chi connectivity index (χ0n) is 9.98. The number of hydrogen-bond donors (Lipinski definition) is 2. The number of methoxy groups -OCH3 is 1. The monoisotopic (exact) mass is 237 g/mol. The van der Waals surface area contributed by atoms with Gasteiger partial charge in [-0.15, -0.1) is 0 Å². The van der Waals surface area contributed by atoms with E-state index in [1.807, 2.05) is 13.8 Å². The lowest BCUT2D eigenvalue weighted by atomic mass is 10.1. The van der Waals surface area contributed by atoms with E-state index in [1.54, 1.807) is 0 Å². The SMILES string of the molecule is COC(=O)c1cc(C(=O)NC(C)C)ccc1O. The van der Waals surface area contributed by atoms with Crippen LogP contribution in [0.4, 0.5) is 0 Å². The fourth-order valence-corrected chi connectivity index (χ4v) is 1.30. The van der Waals surface area contributed by atoms with Crippen molar-refractivity contribution in [1.29, 1.82) is 0 Å². The fourth-order valence-electron chi connectivity index (χ4n) is 1.30. The summed E-state index contributed by atoms with van der Waals surface area (Å²) in [6, 6.07) is 4.04. The van der Waals surface area contributed by atoms with Gasteiger partial charge in [-0.2, -0.15) is 0 Å². The zero-order chi connectivity index (χ0) is 13.0. The summed E-state index contributed by atoms with van der Waals surface area (Å²) < 4.78 is 4.50. The lowest BCUT2D eigenvalue weighted by Crippen LogP contribution is -2.30. The second kappa shape index (κ2) is 5.34. The summed E-state index contributed by atoms with van der Waals surface area (Å²) in [5.41, 5.74) is 0.279. The number of carbonyl (C=O) groups is 2. The molecule has 0 radical (unpaired) electrons. The molecule has 0 aliphatic rings. The molecule has 5 heteroatoms. The molecule has 1 aromatic carbocycles. The third-order valence-corrected chi connectivity index (χ3v) is 2.08. The molecule has 0 aliphatic heterocycles. The number of aromatic hydroxyl groups is 1. The molecule has 17 heavy (non-hydrogen) atoms. The van der Waals surface area contributed by atoms with Crippen molar-refractivity contribution in [1.82, 2.24) is 5.32 Å². The highest BCUT2D eigenvalue weighted by Crippen LogP contribution is 2.19. The largest absolute Gasteiger partial charge is 0.507 e. The minimum absolute atomic E-state index is 0.00196. The van der Waals surface area contributed by atoms with Crippen molar-refractivity contribution in [3.63, 3.8) is 0 Å². The topological polar surface area (TPSA) is 75.6 Å². The molecular formula is C12H15NO4. The van der Waals surface area contributed by atoms with E-state index in [2.05, 4.69) is 10.1 Å². The molecule has 0 fully saturated rings. The van der Waals surface area contributed by atoms with Crippen LogP contribution in [0, 0.1) is 0 Å². The van der Waals surface area contributed by atoms with Crippen LogP contribution in [-0.4, -0.2) is 30.1 Å². The van der Waals surface area contributed by atoms with Crippen LogP contribution in [0.5, 0.6) is 5.75 Å². The summed E-state index contributed by atoms with van der Waals surface area (Å²) >= 11 is 0. The van der Waals surface area contributed by atoms with Crippen molar-refractivity contribution in [2.45, 2.75) is 19.9 Å². The van der Waals surface area contributed by atoms with Gasteiger partial charge >= 0.3 is 5.97 Å². The Hall–Kier alpha value is -2.04. The van der Waals surface area contributed by atoms with Crippen LogP contribution in [-0.2, 0) is 4.74 Å². The van der Waals surface area contributed by atoms with Gasteiger partial charge in [0.05, 0.1) is 7.11 Å². The van der Waals surface area contributed by atoms with Crippen LogP contribution in [0.2, 0.25) is 0 Å². The van der Waals surface area contributed by atoms with Gasteiger partial charge < -0.3 is 15.2 Å². The van der Waals surface area contributed by atoms with Gasteiger partial charge in [0.2, 0.25) is 0 Å². The smallest absolute Gasteiger partial charge is 0.341 e. The van der Waals surface area contributed by atoms with Gasteiger partial charge in [0.1, 0.15) is 11.3 Å². The molecule has 0 heterocycles. The number of benzene rings is 1. The highest BCUT2D eigenvalue weighted by atomic mass is 16.5. The third kappa shape index (κ3) is 3.21. The van der Waals surface area contributed by atoms with Crippen molar-refractivity contribution in [2.24, 2.45) is 0 Å². The minimum atomic E-state index is -0.679. The first-order valence-corrected chi connectivity index (χ1v) is 5.18. The average molecular weight is 237 g/mol. The predicted molar refractivity (Wildman–Crippen MR) is 62.0 cm³/mol. The summed E-state index contributed by atoms with van der Waals surface area (Å²) in [6.07, 6.45) is 0. The van der Waals surface area contributed by atoms with Crippen LogP contribution < -0.4 is 5.32 Å². The summed E-state index contributed by atoms with van der Waals surface area (Å²) in [4.78, 5) is 23.0. The number of phenols is 1. The highest BCUT2D eigenvalue weighted by molar-refractivity contribution is 5.99. The molecule has 0 unspecified atom stereocenters. The Morgan fingerprint density at radius 2 is 2.00 bits per heavy atom. The summed E-state index contributed by atoms with van der Waals surface area (Å²) in [6.45, 7) is 3.67. The Morgan fingerprint density at radius 3 is 2.53 bits per heavy atom. The van der Waals surface area contributed by atoms with Crippen molar-refractivity contribution in [3.05, 3.63) is 29.3 Å². The standard InChI is InChI=1S/C12H15NO4/c1-7(2)13-11(15)8-4-5-10(14)9(6-8)12(16)17-3/h4-7,14H,1-3H3,(H,13,15). The zero-order valence-corrected chi connectivity index (χ0v) is 9.98. The van der Waals surface area contributed by atoms with Gasteiger partial charge in [-0.1, -0.05) is 0 Å². The van der Waals surface area contributed by atoms with Gasteiger partial charge in [-0.05, 0) is 32.0 Å². The first kappa shape index (κ1) is 13.0. The Balaban J connectivity index is 3.04. The number of esters is 1. The Bertz CT molecular complexity index is 440. The van der Waals surface area contributed by atoms with Gasteiger partial charge in [-0.25, -0.2) is 4.79 Å². The summed E-state index contributed by atoms with van der Waals surface area (Å²) in [5, 5.41) is 12.2. The molecule has 5 nitrogen and oxygen atoms in total. The average Bonchev–Trinajstić information content (AvgIpc) is 2.27. The maximum absolute atomic E-state index is 11.7. The second-order valence-corrected chi connectivity index (χ2v) is 3.85. The Labute approximate surface area is 99.4 Å². The molecule has 0 saturated heterocycles. The predicted octanol–water partition coefficient (Wildman–Crippen LogP) is 1.32. The lowest BCUT2D eigenvalue weighted by molar-refractivity contribution is 0.0597. The van der Waals surface area contributed by atoms with E-state index in [0.29, 0.717) is 5.56 Å². The first-order chi connectivity index (χ1) is 7.95. The van der Waals surface area contributed by atoms with E-state index in [9.17, 15) is 14.7 Å². The fraction of sp³-hybridized carbons (Fsp3) is 0.333. The maximum atomic E-state index is 11.7. The molecule has 1 amide bonds. The Morgan fingerprint density at radius 1 is 1.35 bits per heavy atom. The molecule has 0 aromatic heterocycles. The van der Waals surface area contributed by atoms with Crippen LogP contribution in [0.3, 0.4) is 0 Å². The number of ether oxygens (including phenoxy) is 1. The molecule has 0 bridgehead atoms. The minimum Gasteiger partial charge on any atom is -0.507 e. The van der Waals surface area contributed by atoms with E-state index in [0.717, 1.165) is 0 Å². The number of nitrogens with one attached hydrogen (secondary N) is 1. The van der Waals surface area contributed by atoms with Crippen LogP contribution in [0.25, 0.3) is 0 Å². The van der Waals surface area contributed by atoms with Gasteiger partial charge in [0.15, 0.2) is 0 Å². The number of rotatable bonds is 3. The van der Waals surface area contributed by atoms with E-state index < -0.39 is 5.97 Å². The Kier molecular flexibility index (Phi) is 4.09. The molecule has 1 rings (SSSR count). The highest BCUT2D eigenvalue weighted by Gasteiger charge is 2.15. The van der Waals surface area contributed by atoms with E-state index in [-0.39, 0.29) is 23.3 Å². The lowest BCUT2D eigenvalue weighted by Gasteiger charge is -2.09. The quantitative estimate of drug-likeness (QED) is 0.777. The van der Waals surface area contributed by atoms with Crippen LogP contribution in [0.1, 0.15) is 34.6 Å². The molecule has 2 N–H and O–H groups in total. The summed E-state index contributed by atoms with van der Waals surface area (Å²) in [7, 11) is 1.21. The number of amides is 1. The van der Waals surface area contributed by atoms with Crippen molar-refractivity contribution in [3.8, 4) is 5.75 Å². The van der Waals surface area contributed by atoms with Gasteiger partial charge in [-0.3, -0.25) is 4.79 Å². The molecule has 0 saturated carbocycles. The molecule has 0 aliphatic carbocycles. The first-order valence-electron chi connectivity index (χ1n) is 5.18. The van der Waals surface area contributed by atoms with Crippen molar-refractivity contribution >= 4 is 11.9 Å². The molecule has 0 atom stereocenters. The second-order valence-electron chi connectivity index (χ2n) is 3.85. The van der Waals surface area contributed by atoms with E-state index >= 15 is 0 Å². The van der Waals surface area contributed by atoms with E-state index in [4.69, 9.17) is 0 Å². The number of carbonyl (C=O) groups excluding carboxylic acids is 2. The van der Waals surface area contributed by atoms with Gasteiger partial charge in [0, 0.05) is 11.6 Å². The van der Waals surface area contributed by atoms with Gasteiger partial charge in [0.25, 0.3) is 5.91 Å². The number of hydrogen-bond acceptors (Lipinski definition) is 4. The number of phenolic OH excluding ortho intramolecular Hbond substituents is 1. The van der Waals surface area contributed by atoms with Crippen LogP contribution in [0.15, 0.2) is 18.2 Å². The molecular weight excluding hydrogens is 222 g/mol. The molecule has 92 valence electrons. The molecule has 0 spiro atoms. The normalized spacial score (nSPS) is 10.1. The van der Waals surface area contributed by atoms with Crippen LogP contribution >= 0.6 is 0 Å². The van der Waals surface area contributed by atoms with E-state index in [1.165, 1.54) is 25.3 Å².